The fourth-order valence-corrected chi connectivity index (χ4v) is 2.15. The molecule has 0 aliphatic carbocycles. The zero-order valence-electron chi connectivity index (χ0n) is 11.2. The first-order valence-corrected chi connectivity index (χ1v) is 6.59. The van der Waals surface area contributed by atoms with Crippen molar-refractivity contribution in [1.29, 1.82) is 0 Å². The molecule has 104 valence electrons. The standard InChI is InChI=1S/C17H12F2N2/c18-13-9-12-10-15(21-17(12)16(19)11-13)7-2-1-5-14-6-3-4-8-20-14/h3-4,6,8-11,21H,2,7H2. The fraction of sp³-hybridized carbons (Fsp3) is 0.118. The molecule has 0 bridgehead atoms. The van der Waals surface area contributed by atoms with E-state index >= 15 is 0 Å². The number of benzene rings is 1. The molecule has 3 rings (SSSR count). The number of aryl methyl sites for hydroxylation is 1. The monoisotopic (exact) mass is 282 g/mol. The van der Waals surface area contributed by atoms with Crippen LogP contribution in [0, 0.1) is 23.5 Å². The highest BCUT2D eigenvalue weighted by Crippen LogP contribution is 2.20. The predicted octanol–water partition coefficient (Wildman–Crippen LogP) is 3.83. The molecular formula is C17H12F2N2. The Morgan fingerprint density at radius 3 is 2.86 bits per heavy atom. The van der Waals surface area contributed by atoms with Crippen LogP contribution in [0.2, 0.25) is 0 Å². The summed E-state index contributed by atoms with van der Waals surface area (Å²) in [4.78, 5) is 7.07. The van der Waals surface area contributed by atoms with E-state index in [1.807, 2.05) is 18.2 Å². The van der Waals surface area contributed by atoms with Crippen LogP contribution in [0.3, 0.4) is 0 Å². The van der Waals surface area contributed by atoms with Crippen molar-refractivity contribution < 1.29 is 8.78 Å². The number of H-pyrrole nitrogens is 1. The van der Waals surface area contributed by atoms with Crippen LogP contribution in [0.15, 0.2) is 42.6 Å². The van der Waals surface area contributed by atoms with Crippen molar-refractivity contribution in [1.82, 2.24) is 9.97 Å². The summed E-state index contributed by atoms with van der Waals surface area (Å²) >= 11 is 0. The summed E-state index contributed by atoms with van der Waals surface area (Å²) in [5.41, 5.74) is 1.90. The molecule has 0 aliphatic rings. The smallest absolute Gasteiger partial charge is 0.150 e. The fourth-order valence-electron chi connectivity index (χ4n) is 2.15. The quantitative estimate of drug-likeness (QED) is 0.711. The number of halogens is 2. The average Bonchev–Trinajstić information content (AvgIpc) is 2.88. The van der Waals surface area contributed by atoms with Gasteiger partial charge in [-0.05, 0) is 36.6 Å². The van der Waals surface area contributed by atoms with Crippen molar-refractivity contribution in [3.8, 4) is 11.8 Å². The summed E-state index contributed by atoms with van der Waals surface area (Å²) in [6, 6.07) is 9.51. The number of aromatic nitrogens is 2. The maximum absolute atomic E-state index is 13.6. The van der Waals surface area contributed by atoms with E-state index in [1.54, 1.807) is 12.3 Å². The first-order valence-electron chi connectivity index (χ1n) is 6.59. The molecule has 2 aromatic heterocycles. The third-order valence-electron chi connectivity index (χ3n) is 3.10. The predicted molar refractivity (Wildman–Crippen MR) is 77.7 cm³/mol. The zero-order valence-corrected chi connectivity index (χ0v) is 11.2. The lowest BCUT2D eigenvalue weighted by Gasteiger charge is -1.93. The minimum Gasteiger partial charge on any atom is -0.356 e. The highest BCUT2D eigenvalue weighted by Gasteiger charge is 2.07. The Morgan fingerprint density at radius 1 is 1.14 bits per heavy atom. The van der Waals surface area contributed by atoms with Crippen LogP contribution < -0.4 is 0 Å². The Bertz CT molecular complexity index is 826. The van der Waals surface area contributed by atoms with Crippen molar-refractivity contribution in [2.75, 3.05) is 0 Å². The summed E-state index contributed by atoms with van der Waals surface area (Å²) in [6.45, 7) is 0. The molecule has 2 heterocycles. The molecule has 3 aromatic rings. The Hall–Kier alpha value is -2.67. The van der Waals surface area contributed by atoms with Gasteiger partial charge in [-0.2, -0.15) is 0 Å². The Morgan fingerprint density at radius 2 is 2.05 bits per heavy atom. The number of nitrogens with one attached hydrogen (secondary N) is 1. The molecule has 0 aliphatic heterocycles. The van der Waals surface area contributed by atoms with Crippen molar-refractivity contribution >= 4 is 10.9 Å². The maximum atomic E-state index is 13.6. The molecule has 0 amide bonds. The second-order valence-electron chi connectivity index (χ2n) is 4.66. The van der Waals surface area contributed by atoms with Crippen LogP contribution in [0.4, 0.5) is 8.78 Å². The molecule has 1 N–H and O–H groups in total. The molecule has 4 heteroatoms. The van der Waals surface area contributed by atoms with Crippen LogP contribution in [0.5, 0.6) is 0 Å². The van der Waals surface area contributed by atoms with Crippen molar-refractivity contribution in [3.63, 3.8) is 0 Å². The normalized spacial score (nSPS) is 10.4. The second-order valence-corrected chi connectivity index (χ2v) is 4.66. The van der Waals surface area contributed by atoms with Crippen LogP contribution >= 0.6 is 0 Å². The van der Waals surface area contributed by atoms with Gasteiger partial charge in [0, 0.05) is 29.8 Å². The van der Waals surface area contributed by atoms with Gasteiger partial charge < -0.3 is 4.98 Å². The summed E-state index contributed by atoms with van der Waals surface area (Å²) < 4.78 is 26.7. The Labute approximate surface area is 120 Å². The highest BCUT2D eigenvalue weighted by atomic mass is 19.1. The number of hydrogen-bond acceptors (Lipinski definition) is 1. The van der Waals surface area contributed by atoms with E-state index in [9.17, 15) is 8.78 Å². The van der Waals surface area contributed by atoms with Gasteiger partial charge in [-0.1, -0.05) is 12.0 Å². The molecule has 2 nitrogen and oxygen atoms in total. The van der Waals surface area contributed by atoms with E-state index in [2.05, 4.69) is 21.8 Å². The largest absolute Gasteiger partial charge is 0.356 e. The lowest BCUT2D eigenvalue weighted by Crippen LogP contribution is -1.84. The highest BCUT2D eigenvalue weighted by molar-refractivity contribution is 5.81. The minimum atomic E-state index is -0.573. The van der Waals surface area contributed by atoms with Gasteiger partial charge in [-0.15, -0.1) is 0 Å². The zero-order chi connectivity index (χ0) is 14.7. The van der Waals surface area contributed by atoms with Gasteiger partial charge in [0.2, 0.25) is 0 Å². The summed E-state index contributed by atoms with van der Waals surface area (Å²) in [7, 11) is 0. The molecule has 0 spiro atoms. The van der Waals surface area contributed by atoms with E-state index in [4.69, 9.17) is 0 Å². The molecule has 0 saturated carbocycles. The van der Waals surface area contributed by atoms with Crippen molar-refractivity contribution in [2.24, 2.45) is 0 Å². The number of pyridine rings is 1. The first kappa shape index (κ1) is 13.3. The number of fused-ring (bicyclic) bond motifs is 1. The minimum absolute atomic E-state index is 0.337. The maximum Gasteiger partial charge on any atom is 0.150 e. The van der Waals surface area contributed by atoms with E-state index in [0.717, 1.165) is 17.5 Å². The number of nitrogens with zero attached hydrogens (tertiary/aromatic N) is 1. The lowest BCUT2D eigenvalue weighted by molar-refractivity contribution is 0.591. The van der Waals surface area contributed by atoms with Crippen LogP contribution in [-0.4, -0.2) is 9.97 Å². The lowest BCUT2D eigenvalue weighted by atomic mass is 10.2. The van der Waals surface area contributed by atoms with Gasteiger partial charge in [-0.3, -0.25) is 0 Å². The van der Waals surface area contributed by atoms with Crippen molar-refractivity contribution in [2.45, 2.75) is 12.8 Å². The summed E-state index contributed by atoms with van der Waals surface area (Å²) in [5, 5.41) is 0.542. The number of rotatable bonds is 2. The van der Waals surface area contributed by atoms with Gasteiger partial charge in [0.05, 0.1) is 5.52 Å². The van der Waals surface area contributed by atoms with Gasteiger partial charge >= 0.3 is 0 Å². The molecule has 21 heavy (non-hydrogen) atoms. The first-order chi connectivity index (χ1) is 10.2. The molecule has 1 aromatic carbocycles. The number of aromatic amines is 1. The van der Waals surface area contributed by atoms with E-state index < -0.39 is 11.6 Å². The van der Waals surface area contributed by atoms with Crippen LogP contribution in [0.25, 0.3) is 10.9 Å². The number of hydrogen-bond donors (Lipinski definition) is 1. The van der Waals surface area contributed by atoms with Gasteiger partial charge in [0.25, 0.3) is 0 Å². The average molecular weight is 282 g/mol. The Balaban J connectivity index is 1.72. The van der Waals surface area contributed by atoms with Crippen LogP contribution in [-0.2, 0) is 6.42 Å². The molecule has 0 unspecified atom stereocenters. The Kier molecular flexibility index (Phi) is 3.65. The van der Waals surface area contributed by atoms with Crippen molar-refractivity contribution in [3.05, 3.63) is 65.6 Å². The summed E-state index contributed by atoms with van der Waals surface area (Å²) in [6.07, 6.45) is 2.96. The molecule has 0 fully saturated rings. The van der Waals surface area contributed by atoms with E-state index in [0.29, 0.717) is 23.7 Å². The van der Waals surface area contributed by atoms with Gasteiger partial charge in [0.1, 0.15) is 17.3 Å². The molecule has 0 atom stereocenters. The molecule has 0 saturated heterocycles. The third-order valence-corrected chi connectivity index (χ3v) is 3.10. The second kappa shape index (κ2) is 5.76. The third kappa shape index (κ3) is 3.09. The topological polar surface area (TPSA) is 28.7 Å². The SMILES string of the molecule is Fc1cc(F)c2[nH]c(CCC#Cc3ccccn3)cc2c1. The van der Waals surface area contributed by atoms with Gasteiger partial charge in [-0.25, -0.2) is 13.8 Å². The van der Waals surface area contributed by atoms with Crippen LogP contribution in [0.1, 0.15) is 17.8 Å². The summed E-state index contributed by atoms with van der Waals surface area (Å²) in [5.74, 6) is 4.84. The molecule has 0 radical (unpaired) electrons. The molecular weight excluding hydrogens is 270 g/mol. The van der Waals surface area contributed by atoms with Gasteiger partial charge in [0.15, 0.2) is 0 Å². The van der Waals surface area contributed by atoms with E-state index in [1.165, 1.54) is 6.07 Å². The van der Waals surface area contributed by atoms with E-state index in [-0.39, 0.29) is 0 Å².